The number of aromatic nitrogens is 1. The Kier molecular flexibility index (Phi) is 5.97. The van der Waals surface area contributed by atoms with E-state index >= 15 is 0 Å². The van der Waals surface area contributed by atoms with Crippen molar-refractivity contribution in [3.8, 4) is 0 Å². The summed E-state index contributed by atoms with van der Waals surface area (Å²) in [5.74, 6) is 0.0820. The predicted molar refractivity (Wildman–Crippen MR) is 120 cm³/mol. The van der Waals surface area contributed by atoms with E-state index in [2.05, 4.69) is 57.2 Å². The molecule has 0 bridgehead atoms. The normalized spacial score (nSPS) is 16.4. The number of fused-ring (bicyclic) bond motifs is 1. The molecular formula is C24H28N2O2S. The molecule has 2 aromatic carbocycles. The average molecular weight is 409 g/mol. The van der Waals surface area contributed by atoms with Gasteiger partial charge in [0.05, 0.1) is 29.3 Å². The van der Waals surface area contributed by atoms with E-state index in [1.807, 2.05) is 4.90 Å². The minimum Gasteiger partial charge on any atom is -0.376 e. The maximum absolute atomic E-state index is 13.3. The standard InChI is InChI=1S/C24H28N2O2S/c1-4-18-9-10-21-22(13-18)29-24(25-21)26(15-20-6-5-11-28-20)23(27)14-19-8-7-16(2)17(3)12-19/h7-10,12-13,20H,4-6,11,14-15H2,1-3H3. The Morgan fingerprint density at radius 2 is 2.00 bits per heavy atom. The lowest BCUT2D eigenvalue weighted by Gasteiger charge is -2.23. The second-order valence-corrected chi connectivity index (χ2v) is 8.90. The van der Waals surface area contributed by atoms with E-state index in [1.54, 1.807) is 11.3 Å². The van der Waals surface area contributed by atoms with Gasteiger partial charge in [-0.2, -0.15) is 0 Å². The molecule has 0 radical (unpaired) electrons. The Hall–Kier alpha value is -2.24. The number of ether oxygens (including phenoxy) is 1. The molecule has 4 rings (SSSR count). The van der Waals surface area contributed by atoms with E-state index < -0.39 is 0 Å². The van der Waals surface area contributed by atoms with Gasteiger partial charge in [-0.25, -0.2) is 4.98 Å². The highest BCUT2D eigenvalue weighted by Gasteiger charge is 2.26. The molecule has 5 heteroatoms. The topological polar surface area (TPSA) is 42.4 Å². The maximum atomic E-state index is 13.3. The molecule has 1 atom stereocenters. The van der Waals surface area contributed by atoms with Gasteiger partial charge < -0.3 is 4.74 Å². The smallest absolute Gasteiger partial charge is 0.233 e. The average Bonchev–Trinajstić information content (AvgIpc) is 3.37. The van der Waals surface area contributed by atoms with Crippen LogP contribution in [0, 0.1) is 13.8 Å². The number of anilines is 1. The Balaban J connectivity index is 1.63. The number of hydrogen-bond acceptors (Lipinski definition) is 4. The van der Waals surface area contributed by atoms with Crippen molar-refractivity contribution in [1.29, 1.82) is 0 Å². The number of carbonyl (C=O) groups excluding carboxylic acids is 1. The largest absolute Gasteiger partial charge is 0.376 e. The van der Waals surface area contributed by atoms with Gasteiger partial charge >= 0.3 is 0 Å². The molecule has 1 aliphatic rings. The fourth-order valence-electron chi connectivity index (χ4n) is 3.75. The van der Waals surface area contributed by atoms with Gasteiger partial charge in [0, 0.05) is 6.61 Å². The summed E-state index contributed by atoms with van der Waals surface area (Å²) in [6.07, 6.45) is 3.53. The Morgan fingerprint density at radius 3 is 2.72 bits per heavy atom. The van der Waals surface area contributed by atoms with Crippen molar-refractivity contribution in [2.24, 2.45) is 0 Å². The Morgan fingerprint density at radius 1 is 1.17 bits per heavy atom. The van der Waals surface area contributed by atoms with Crippen molar-refractivity contribution in [1.82, 2.24) is 4.98 Å². The van der Waals surface area contributed by atoms with Crippen molar-refractivity contribution >= 4 is 32.6 Å². The van der Waals surface area contributed by atoms with Gasteiger partial charge in [0.2, 0.25) is 5.91 Å². The van der Waals surface area contributed by atoms with Gasteiger partial charge in [-0.15, -0.1) is 0 Å². The lowest BCUT2D eigenvalue weighted by molar-refractivity contribution is -0.118. The molecule has 1 unspecified atom stereocenters. The van der Waals surface area contributed by atoms with Crippen molar-refractivity contribution in [3.63, 3.8) is 0 Å². The summed E-state index contributed by atoms with van der Waals surface area (Å²) < 4.78 is 6.97. The first kappa shape index (κ1) is 20.0. The molecule has 1 aromatic heterocycles. The molecule has 1 saturated heterocycles. The van der Waals surface area contributed by atoms with Crippen molar-refractivity contribution in [2.75, 3.05) is 18.1 Å². The summed E-state index contributed by atoms with van der Waals surface area (Å²) in [6, 6.07) is 12.6. The van der Waals surface area contributed by atoms with E-state index in [-0.39, 0.29) is 12.0 Å². The summed E-state index contributed by atoms with van der Waals surface area (Å²) in [6.45, 7) is 7.69. The van der Waals surface area contributed by atoms with Crippen LogP contribution >= 0.6 is 11.3 Å². The van der Waals surface area contributed by atoms with Gasteiger partial charge in [-0.05, 0) is 67.5 Å². The Labute approximate surface area is 176 Å². The molecule has 0 saturated carbocycles. The zero-order valence-corrected chi connectivity index (χ0v) is 18.2. The number of nitrogens with zero attached hydrogens (tertiary/aromatic N) is 2. The fourth-order valence-corrected chi connectivity index (χ4v) is 4.81. The predicted octanol–water partition coefficient (Wildman–Crippen LogP) is 5.23. The van der Waals surface area contributed by atoms with E-state index in [0.29, 0.717) is 13.0 Å². The molecule has 29 heavy (non-hydrogen) atoms. The van der Waals surface area contributed by atoms with Gasteiger partial charge in [0.25, 0.3) is 0 Å². The number of amides is 1. The van der Waals surface area contributed by atoms with Crippen LogP contribution in [0.15, 0.2) is 36.4 Å². The third-order valence-electron chi connectivity index (χ3n) is 5.72. The molecule has 0 spiro atoms. The summed E-state index contributed by atoms with van der Waals surface area (Å²) >= 11 is 1.60. The van der Waals surface area contributed by atoms with Crippen LogP contribution in [0.5, 0.6) is 0 Å². The highest BCUT2D eigenvalue weighted by Crippen LogP contribution is 2.31. The molecule has 0 N–H and O–H groups in total. The molecule has 3 aromatic rings. The van der Waals surface area contributed by atoms with Crippen molar-refractivity contribution in [3.05, 3.63) is 58.7 Å². The van der Waals surface area contributed by atoms with Crippen LogP contribution in [0.3, 0.4) is 0 Å². The van der Waals surface area contributed by atoms with E-state index in [0.717, 1.165) is 46.8 Å². The molecule has 2 heterocycles. The molecule has 4 nitrogen and oxygen atoms in total. The van der Waals surface area contributed by atoms with Crippen LogP contribution in [-0.2, 0) is 22.4 Å². The number of carbonyl (C=O) groups is 1. The highest BCUT2D eigenvalue weighted by atomic mass is 32.1. The quantitative estimate of drug-likeness (QED) is 0.561. The van der Waals surface area contributed by atoms with E-state index in [4.69, 9.17) is 9.72 Å². The second kappa shape index (κ2) is 8.64. The van der Waals surface area contributed by atoms with Crippen LogP contribution < -0.4 is 4.90 Å². The number of aryl methyl sites for hydroxylation is 3. The molecule has 1 aliphatic heterocycles. The molecule has 1 amide bonds. The minimum absolute atomic E-state index is 0.0820. The number of thiazole rings is 1. The third kappa shape index (κ3) is 4.51. The summed E-state index contributed by atoms with van der Waals surface area (Å²) in [5, 5.41) is 0.776. The van der Waals surface area contributed by atoms with Gasteiger partial charge in [0.15, 0.2) is 5.13 Å². The van der Waals surface area contributed by atoms with E-state index in [1.165, 1.54) is 16.7 Å². The monoisotopic (exact) mass is 408 g/mol. The minimum atomic E-state index is 0.0820. The number of rotatable bonds is 6. The molecular weight excluding hydrogens is 380 g/mol. The summed E-state index contributed by atoms with van der Waals surface area (Å²) in [7, 11) is 0. The van der Waals surface area contributed by atoms with Crippen molar-refractivity contribution < 1.29 is 9.53 Å². The number of benzene rings is 2. The SMILES string of the molecule is CCc1ccc2nc(N(CC3CCCO3)C(=O)Cc3ccc(C)c(C)c3)sc2c1. The van der Waals surface area contributed by atoms with Crippen LogP contribution in [0.1, 0.15) is 42.0 Å². The van der Waals surface area contributed by atoms with Crippen LogP contribution in [0.25, 0.3) is 10.2 Å². The first-order valence-electron chi connectivity index (χ1n) is 10.4. The summed E-state index contributed by atoms with van der Waals surface area (Å²) in [5.41, 5.74) is 5.76. The van der Waals surface area contributed by atoms with Gasteiger partial charge in [-0.1, -0.05) is 42.5 Å². The van der Waals surface area contributed by atoms with Crippen molar-refractivity contribution in [2.45, 2.75) is 52.6 Å². The van der Waals surface area contributed by atoms with Crippen LogP contribution in [-0.4, -0.2) is 30.1 Å². The fraction of sp³-hybridized carbons (Fsp3) is 0.417. The van der Waals surface area contributed by atoms with Gasteiger partial charge in [-0.3, -0.25) is 9.69 Å². The summed E-state index contributed by atoms with van der Waals surface area (Å²) in [4.78, 5) is 20.0. The molecule has 0 aliphatic carbocycles. The molecule has 152 valence electrons. The zero-order chi connectivity index (χ0) is 20.4. The molecule has 1 fully saturated rings. The van der Waals surface area contributed by atoms with Crippen LogP contribution in [0.4, 0.5) is 5.13 Å². The van der Waals surface area contributed by atoms with E-state index in [9.17, 15) is 4.79 Å². The first-order valence-corrected chi connectivity index (χ1v) is 11.2. The third-order valence-corrected chi connectivity index (χ3v) is 6.76. The highest BCUT2D eigenvalue weighted by molar-refractivity contribution is 7.22. The second-order valence-electron chi connectivity index (χ2n) is 7.89. The maximum Gasteiger partial charge on any atom is 0.233 e. The lowest BCUT2D eigenvalue weighted by Crippen LogP contribution is -2.38. The zero-order valence-electron chi connectivity index (χ0n) is 17.4. The Bertz CT molecular complexity index is 1020. The lowest BCUT2D eigenvalue weighted by atomic mass is 10.0. The van der Waals surface area contributed by atoms with Crippen LogP contribution in [0.2, 0.25) is 0 Å². The first-order chi connectivity index (χ1) is 14.0. The number of hydrogen-bond donors (Lipinski definition) is 0. The van der Waals surface area contributed by atoms with Gasteiger partial charge in [0.1, 0.15) is 0 Å².